The molecule has 144 valence electrons. The zero-order valence-electron chi connectivity index (χ0n) is 15.7. The van der Waals surface area contributed by atoms with Gasteiger partial charge in [-0.3, -0.25) is 4.99 Å². The highest BCUT2D eigenvalue weighted by atomic mass is 35.5. The highest BCUT2D eigenvalue weighted by molar-refractivity contribution is 6.31. The molecule has 2 N–H and O–H groups in total. The highest BCUT2D eigenvalue weighted by Crippen LogP contribution is 2.47. The third-order valence-corrected chi connectivity index (χ3v) is 6.69. The summed E-state index contributed by atoms with van der Waals surface area (Å²) in [5.74, 6) is 2.45. The van der Waals surface area contributed by atoms with Crippen LogP contribution >= 0.6 is 11.6 Å². The Hall–Kier alpha value is -1.72. The number of likely N-dealkylation sites (tertiary alicyclic amines) is 1. The fraction of sp³-hybridized carbons (Fsp3) is 0.571. The van der Waals surface area contributed by atoms with E-state index in [0.717, 1.165) is 49.1 Å². The molecule has 3 saturated heterocycles. The van der Waals surface area contributed by atoms with Gasteiger partial charge in [-0.1, -0.05) is 11.6 Å². The van der Waals surface area contributed by atoms with Gasteiger partial charge in [0.15, 0.2) is 5.96 Å². The van der Waals surface area contributed by atoms with Crippen LogP contribution in [0.4, 0.5) is 0 Å². The molecule has 4 unspecified atom stereocenters. The van der Waals surface area contributed by atoms with Gasteiger partial charge in [0.2, 0.25) is 0 Å². The molecule has 1 aromatic carbocycles. The molecule has 3 aliphatic heterocycles. The molecule has 4 heterocycles. The lowest BCUT2D eigenvalue weighted by Crippen LogP contribution is -2.41. The van der Waals surface area contributed by atoms with Crippen molar-refractivity contribution in [2.24, 2.45) is 16.8 Å². The van der Waals surface area contributed by atoms with Crippen molar-refractivity contribution in [2.45, 2.75) is 38.4 Å². The van der Waals surface area contributed by atoms with Gasteiger partial charge < -0.3 is 19.9 Å². The fourth-order valence-electron chi connectivity index (χ4n) is 5.20. The fourth-order valence-corrected chi connectivity index (χ4v) is 5.37. The van der Waals surface area contributed by atoms with Gasteiger partial charge in [-0.05, 0) is 49.9 Å². The van der Waals surface area contributed by atoms with Crippen molar-refractivity contribution in [3.05, 3.63) is 35.0 Å². The number of fused-ring (bicyclic) bond motifs is 6. The third kappa shape index (κ3) is 3.11. The summed E-state index contributed by atoms with van der Waals surface area (Å²) in [7, 11) is 0. The summed E-state index contributed by atoms with van der Waals surface area (Å²) in [6.45, 7) is 5.98. The summed E-state index contributed by atoms with van der Waals surface area (Å²) in [5.41, 5.74) is 2.41. The zero-order valence-corrected chi connectivity index (χ0v) is 16.5. The molecule has 2 aromatic rings. The first-order chi connectivity index (χ1) is 13.2. The van der Waals surface area contributed by atoms with E-state index in [-0.39, 0.29) is 0 Å². The summed E-state index contributed by atoms with van der Waals surface area (Å²) < 4.78 is 6.11. The molecule has 0 radical (unpaired) electrons. The van der Waals surface area contributed by atoms with Crippen LogP contribution in [-0.4, -0.2) is 54.2 Å². The predicted octanol–water partition coefficient (Wildman–Crippen LogP) is 3.44. The van der Waals surface area contributed by atoms with E-state index < -0.39 is 0 Å². The second kappa shape index (κ2) is 7.02. The minimum absolute atomic E-state index is 0.490. The number of ether oxygens (including phenoxy) is 1. The molecule has 6 heteroatoms. The number of aromatic amines is 1. The van der Waals surface area contributed by atoms with E-state index in [4.69, 9.17) is 21.3 Å². The molecule has 27 heavy (non-hydrogen) atoms. The number of halogens is 1. The van der Waals surface area contributed by atoms with Crippen LogP contribution < -0.4 is 5.32 Å². The maximum absolute atomic E-state index is 6.17. The Labute approximate surface area is 165 Å². The van der Waals surface area contributed by atoms with E-state index in [9.17, 15) is 0 Å². The Balaban J connectivity index is 1.28. The summed E-state index contributed by atoms with van der Waals surface area (Å²) in [5, 5.41) is 5.48. The summed E-state index contributed by atoms with van der Waals surface area (Å²) >= 11 is 6.17. The largest absolute Gasteiger partial charge is 0.374 e. The van der Waals surface area contributed by atoms with Crippen molar-refractivity contribution >= 4 is 28.5 Å². The monoisotopic (exact) mass is 386 g/mol. The Kier molecular flexibility index (Phi) is 4.52. The molecule has 0 amide bonds. The standard InChI is InChI=1S/C21H27ClN4O/c1-2-23-21(26-11-16-17(12-26)20-6-5-19(16)27-20)24-8-7-13-10-25-18-4-3-14(22)9-15(13)18/h3-4,9-10,16-17,19-20,25H,2,5-8,11-12H2,1H3,(H,23,24). The van der Waals surface area contributed by atoms with Gasteiger partial charge in [-0.15, -0.1) is 0 Å². The third-order valence-electron chi connectivity index (χ3n) is 6.46. The van der Waals surface area contributed by atoms with Crippen LogP contribution in [0.5, 0.6) is 0 Å². The smallest absolute Gasteiger partial charge is 0.193 e. The van der Waals surface area contributed by atoms with Crippen LogP contribution in [0, 0.1) is 11.8 Å². The molecule has 0 spiro atoms. The molecule has 3 aliphatic rings. The van der Waals surface area contributed by atoms with E-state index in [1.807, 2.05) is 18.2 Å². The van der Waals surface area contributed by atoms with Gasteiger partial charge in [0.25, 0.3) is 0 Å². The Bertz CT molecular complexity index is 845. The molecule has 1 aromatic heterocycles. The van der Waals surface area contributed by atoms with Crippen molar-refractivity contribution in [1.29, 1.82) is 0 Å². The number of rotatable bonds is 4. The lowest BCUT2D eigenvalue weighted by atomic mass is 9.82. The van der Waals surface area contributed by atoms with Gasteiger partial charge in [0.1, 0.15) is 0 Å². The first-order valence-corrected chi connectivity index (χ1v) is 10.5. The van der Waals surface area contributed by atoms with Crippen LogP contribution in [0.1, 0.15) is 25.3 Å². The topological polar surface area (TPSA) is 52.7 Å². The number of nitrogens with zero attached hydrogens (tertiary/aromatic N) is 2. The molecule has 5 nitrogen and oxygen atoms in total. The number of aromatic nitrogens is 1. The average Bonchev–Trinajstić information content (AvgIpc) is 3.42. The molecule has 4 atom stereocenters. The summed E-state index contributed by atoms with van der Waals surface area (Å²) in [6.07, 6.45) is 6.46. The van der Waals surface area contributed by atoms with Gasteiger partial charge in [-0.25, -0.2) is 0 Å². The lowest BCUT2D eigenvalue weighted by molar-refractivity contribution is 0.0767. The average molecular weight is 387 g/mol. The Morgan fingerprint density at radius 3 is 2.81 bits per heavy atom. The summed E-state index contributed by atoms with van der Waals surface area (Å²) in [4.78, 5) is 10.7. The number of nitrogens with one attached hydrogen (secondary N) is 2. The zero-order chi connectivity index (χ0) is 18.4. The van der Waals surface area contributed by atoms with Crippen molar-refractivity contribution in [2.75, 3.05) is 26.2 Å². The van der Waals surface area contributed by atoms with Crippen molar-refractivity contribution in [3.63, 3.8) is 0 Å². The summed E-state index contributed by atoms with van der Waals surface area (Å²) in [6, 6.07) is 6.00. The van der Waals surface area contributed by atoms with Crippen molar-refractivity contribution < 1.29 is 4.74 Å². The van der Waals surface area contributed by atoms with Gasteiger partial charge in [-0.2, -0.15) is 0 Å². The Morgan fingerprint density at radius 2 is 2.07 bits per heavy atom. The van der Waals surface area contributed by atoms with Crippen LogP contribution in [0.2, 0.25) is 5.02 Å². The minimum Gasteiger partial charge on any atom is -0.374 e. The molecule has 0 aliphatic carbocycles. The number of H-pyrrole nitrogens is 1. The number of benzene rings is 1. The molecule has 2 bridgehead atoms. The second-order valence-electron chi connectivity index (χ2n) is 8.01. The molecular weight excluding hydrogens is 360 g/mol. The van der Waals surface area contributed by atoms with Crippen LogP contribution in [0.3, 0.4) is 0 Å². The van der Waals surface area contributed by atoms with E-state index >= 15 is 0 Å². The number of guanidine groups is 1. The van der Waals surface area contributed by atoms with Crippen LogP contribution in [0.15, 0.2) is 29.4 Å². The van der Waals surface area contributed by atoms with E-state index in [2.05, 4.69) is 28.3 Å². The normalized spacial score (nSPS) is 29.7. The maximum atomic E-state index is 6.17. The van der Waals surface area contributed by atoms with Gasteiger partial charge >= 0.3 is 0 Å². The van der Waals surface area contributed by atoms with Crippen LogP contribution in [0.25, 0.3) is 10.9 Å². The molecule has 5 rings (SSSR count). The Morgan fingerprint density at radius 1 is 1.30 bits per heavy atom. The van der Waals surface area contributed by atoms with Gasteiger partial charge in [0.05, 0.1) is 12.2 Å². The quantitative estimate of drug-likeness (QED) is 0.625. The minimum atomic E-state index is 0.490. The maximum Gasteiger partial charge on any atom is 0.193 e. The van der Waals surface area contributed by atoms with E-state index in [1.165, 1.54) is 23.8 Å². The van der Waals surface area contributed by atoms with Gasteiger partial charge in [0, 0.05) is 60.1 Å². The first-order valence-electron chi connectivity index (χ1n) is 10.2. The number of aliphatic imine (C=N–C) groups is 1. The highest BCUT2D eigenvalue weighted by Gasteiger charge is 2.53. The molecular formula is C21H27ClN4O. The van der Waals surface area contributed by atoms with Crippen molar-refractivity contribution in [1.82, 2.24) is 15.2 Å². The number of hydrogen-bond acceptors (Lipinski definition) is 2. The second-order valence-corrected chi connectivity index (χ2v) is 8.45. The first kappa shape index (κ1) is 17.4. The molecule has 3 fully saturated rings. The molecule has 0 saturated carbocycles. The van der Waals surface area contributed by atoms with Crippen molar-refractivity contribution in [3.8, 4) is 0 Å². The SMILES string of the molecule is CCNC(=NCCc1c[nH]c2ccc(Cl)cc12)N1CC2C3CCC(O3)C2C1. The van der Waals surface area contributed by atoms with E-state index in [0.29, 0.717) is 24.0 Å². The lowest BCUT2D eigenvalue weighted by Gasteiger charge is -2.23. The predicted molar refractivity (Wildman–Crippen MR) is 109 cm³/mol. The van der Waals surface area contributed by atoms with E-state index in [1.54, 1.807) is 0 Å². The van der Waals surface area contributed by atoms with Crippen LogP contribution in [-0.2, 0) is 11.2 Å². The number of hydrogen-bond donors (Lipinski definition) is 2.